The molecule has 0 spiro atoms. The van der Waals surface area contributed by atoms with E-state index in [-0.39, 0.29) is 0 Å². The van der Waals surface area contributed by atoms with E-state index in [0.717, 1.165) is 0 Å². The fraction of sp³-hybridized carbons (Fsp3) is 1.00. The molecule has 1 rings (SSSR count). The molecule has 0 bridgehead atoms. The van der Waals surface area contributed by atoms with E-state index in [1.165, 1.54) is 32.5 Å². The molecule has 1 heterocycles. The first-order chi connectivity index (χ1) is 5.43. The molecule has 0 unspecified atom stereocenters. The predicted octanol–water partition coefficient (Wildman–Crippen LogP) is 3.15. The monoisotopic (exact) mass is 159 g/mol. The van der Waals surface area contributed by atoms with Gasteiger partial charge in [-0.15, -0.1) is 0 Å². The van der Waals surface area contributed by atoms with Gasteiger partial charge in [0, 0.05) is 0 Å². The van der Waals surface area contributed by atoms with Crippen LogP contribution in [0.5, 0.6) is 0 Å². The summed E-state index contributed by atoms with van der Waals surface area (Å²) >= 11 is 0. The number of likely N-dealkylation sites (tertiary alicyclic amines) is 1. The highest BCUT2D eigenvalue weighted by atomic mass is 15.2. The molecule has 0 atom stereocenters. The second-order valence-electron chi connectivity index (χ2n) is 2.20. The van der Waals surface area contributed by atoms with Gasteiger partial charge >= 0.3 is 0 Å². The fourth-order valence-electron chi connectivity index (χ4n) is 0.922. The molecule has 0 aliphatic carbocycles. The van der Waals surface area contributed by atoms with Crippen molar-refractivity contribution in [1.29, 1.82) is 0 Å². The average Bonchev–Trinajstić information content (AvgIpc) is 2.05. The molecule has 0 aromatic heterocycles. The zero-order valence-corrected chi connectivity index (χ0v) is 8.98. The van der Waals surface area contributed by atoms with Crippen LogP contribution in [0.25, 0.3) is 0 Å². The first kappa shape index (κ1) is 13.5. The van der Waals surface area contributed by atoms with E-state index in [0.29, 0.717) is 0 Å². The van der Waals surface area contributed by atoms with Crippen molar-refractivity contribution < 1.29 is 0 Å². The van der Waals surface area contributed by atoms with E-state index in [4.69, 9.17) is 0 Å². The van der Waals surface area contributed by atoms with Crippen molar-refractivity contribution in [2.45, 2.75) is 47.5 Å². The summed E-state index contributed by atoms with van der Waals surface area (Å²) in [4.78, 5) is 2.49. The van der Waals surface area contributed by atoms with Crippen LogP contribution in [0.4, 0.5) is 0 Å². The summed E-state index contributed by atoms with van der Waals surface area (Å²) in [5.41, 5.74) is 0. The first-order valence-corrected chi connectivity index (χ1v) is 5.16. The Bertz CT molecular complexity index is 48.8. The molecular formula is C10H25N. The summed E-state index contributed by atoms with van der Waals surface area (Å²) in [7, 11) is 0. The Kier molecular flexibility index (Phi) is 15.5. The Morgan fingerprint density at radius 2 is 1.45 bits per heavy atom. The lowest BCUT2D eigenvalue weighted by Gasteiger charge is -2.29. The Morgan fingerprint density at radius 1 is 1.00 bits per heavy atom. The topological polar surface area (TPSA) is 3.24 Å². The number of hydrogen-bond donors (Lipinski definition) is 0. The molecular weight excluding hydrogens is 134 g/mol. The van der Waals surface area contributed by atoms with Crippen LogP contribution in [0.2, 0.25) is 0 Å². The summed E-state index contributed by atoms with van der Waals surface area (Å²) in [5.74, 6) is 0. The maximum absolute atomic E-state index is 2.49. The summed E-state index contributed by atoms with van der Waals surface area (Å²) < 4.78 is 0. The second-order valence-corrected chi connectivity index (χ2v) is 2.20. The largest absolute Gasteiger partial charge is 0.303 e. The SMILES string of the molecule is CC.CC.CCCN1CCC1. The van der Waals surface area contributed by atoms with Gasteiger partial charge in [0.25, 0.3) is 0 Å². The molecule has 70 valence electrons. The van der Waals surface area contributed by atoms with Crippen LogP contribution in [0.1, 0.15) is 47.5 Å². The molecule has 1 fully saturated rings. The molecule has 1 aliphatic heterocycles. The third-order valence-electron chi connectivity index (χ3n) is 1.49. The van der Waals surface area contributed by atoms with Gasteiger partial charge in [-0.05, 0) is 32.5 Å². The number of hydrogen-bond acceptors (Lipinski definition) is 1. The number of rotatable bonds is 2. The van der Waals surface area contributed by atoms with Crippen LogP contribution in [-0.4, -0.2) is 24.5 Å². The highest BCUT2D eigenvalue weighted by molar-refractivity contribution is 4.66. The zero-order chi connectivity index (χ0) is 9.11. The standard InChI is InChI=1S/C6H13N.2C2H6/c1-2-4-7-5-3-6-7;2*1-2/h2-6H2,1H3;2*1-2H3. The lowest BCUT2D eigenvalue weighted by molar-refractivity contribution is 0.182. The smallest absolute Gasteiger partial charge is 0.000654 e. The highest BCUT2D eigenvalue weighted by Gasteiger charge is 2.10. The second kappa shape index (κ2) is 12.6. The van der Waals surface area contributed by atoms with Crippen LogP contribution in [-0.2, 0) is 0 Å². The molecule has 11 heavy (non-hydrogen) atoms. The number of nitrogens with zero attached hydrogens (tertiary/aromatic N) is 1. The van der Waals surface area contributed by atoms with Gasteiger partial charge in [0.2, 0.25) is 0 Å². The highest BCUT2D eigenvalue weighted by Crippen LogP contribution is 2.04. The van der Waals surface area contributed by atoms with Gasteiger partial charge in [0.1, 0.15) is 0 Å². The molecule has 1 aliphatic rings. The Hall–Kier alpha value is -0.0400. The molecule has 0 aromatic carbocycles. The van der Waals surface area contributed by atoms with E-state index in [2.05, 4.69) is 11.8 Å². The van der Waals surface area contributed by atoms with Crippen molar-refractivity contribution in [2.75, 3.05) is 19.6 Å². The van der Waals surface area contributed by atoms with Crippen molar-refractivity contribution in [3.05, 3.63) is 0 Å². The van der Waals surface area contributed by atoms with Crippen LogP contribution in [0.15, 0.2) is 0 Å². The molecule has 0 radical (unpaired) electrons. The third kappa shape index (κ3) is 7.86. The minimum absolute atomic E-state index is 1.32. The maximum Gasteiger partial charge on any atom is -0.000654 e. The molecule has 1 nitrogen and oxygen atoms in total. The van der Waals surface area contributed by atoms with E-state index >= 15 is 0 Å². The van der Waals surface area contributed by atoms with Crippen LogP contribution < -0.4 is 0 Å². The summed E-state index contributed by atoms with van der Waals surface area (Å²) in [6.45, 7) is 14.3. The van der Waals surface area contributed by atoms with Gasteiger partial charge in [-0.2, -0.15) is 0 Å². The predicted molar refractivity (Wildman–Crippen MR) is 54.0 cm³/mol. The van der Waals surface area contributed by atoms with Gasteiger partial charge in [-0.1, -0.05) is 34.6 Å². The van der Waals surface area contributed by atoms with Gasteiger partial charge in [-0.3, -0.25) is 0 Å². The van der Waals surface area contributed by atoms with E-state index in [1.807, 2.05) is 27.7 Å². The normalized spacial score (nSPS) is 15.0. The first-order valence-electron chi connectivity index (χ1n) is 5.16. The minimum atomic E-state index is 1.32. The van der Waals surface area contributed by atoms with Crippen molar-refractivity contribution in [2.24, 2.45) is 0 Å². The average molecular weight is 159 g/mol. The van der Waals surface area contributed by atoms with Gasteiger partial charge < -0.3 is 4.90 Å². The molecule has 1 heteroatoms. The quantitative estimate of drug-likeness (QED) is 0.598. The van der Waals surface area contributed by atoms with Gasteiger partial charge in [0.05, 0.1) is 0 Å². The molecule has 0 saturated carbocycles. The summed E-state index contributed by atoms with van der Waals surface area (Å²) in [5, 5.41) is 0. The van der Waals surface area contributed by atoms with Crippen molar-refractivity contribution in [3.8, 4) is 0 Å². The van der Waals surface area contributed by atoms with E-state index in [9.17, 15) is 0 Å². The van der Waals surface area contributed by atoms with Crippen molar-refractivity contribution >= 4 is 0 Å². The van der Waals surface area contributed by atoms with Crippen LogP contribution in [0, 0.1) is 0 Å². The molecule has 0 aromatic rings. The van der Waals surface area contributed by atoms with E-state index in [1.54, 1.807) is 0 Å². The van der Waals surface area contributed by atoms with Crippen LogP contribution in [0.3, 0.4) is 0 Å². The zero-order valence-electron chi connectivity index (χ0n) is 8.98. The van der Waals surface area contributed by atoms with Crippen LogP contribution >= 0.6 is 0 Å². The Balaban J connectivity index is 0. The Labute approximate surface area is 72.8 Å². The van der Waals surface area contributed by atoms with Gasteiger partial charge in [-0.25, -0.2) is 0 Å². The fourth-order valence-corrected chi connectivity index (χ4v) is 0.922. The van der Waals surface area contributed by atoms with Gasteiger partial charge in [0.15, 0.2) is 0 Å². The third-order valence-corrected chi connectivity index (χ3v) is 1.49. The summed E-state index contributed by atoms with van der Waals surface area (Å²) in [6, 6.07) is 0. The lowest BCUT2D eigenvalue weighted by Crippen LogP contribution is -2.37. The molecule has 0 amide bonds. The van der Waals surface area contributed by atoms with Crippen molar-refractivity contribution in [1.82, 2.24) is 4.90 Å². The molecule has 0 N–H and O–H groups in total. The lowest BCUT2D eigenvalue weighted by atomic mass is 10.2. The molecule has 1 saturated heterocycles. The van der Waals surface area contributed by atoms with E-state index < -0.39 is 0 Å². The van der Waals surface area contributed by atoms with Crippen molar-refractivity contribution in [3.63, 3.8) is 0 Å². The Morgan fingerprint density at radius 3 is 1.55 bits per heavy atom. The summed E-state index contributed by atoms with van der Waals surface area (Å²) in [6.07, 6.45) is 2.75. The minimum Gasteiger partial charge on any atom is -0.303 e. The maximum atomic E-state index is 2.49.